The molecule has 0 bridgehead atoms. The molecule has 0 aliphatic carbocycles. The van der Waals surface area contributed by atoms with E-state index in [-0.39, 0.29) is 15.8 Å². The molecule has 0 aliphatic heterocycles. The minimum atomic E-state index is -0.0540. The van der Waals surface area contributed by atoms with Gasteiger partial charge in [0.15, 0.2) is 0 Å². The average Bonchev–Trinajstić information content (AvgIpc) is 1.94. The minimum Gasteiger partial charge on any atom is -0.506 e. The van der Waals surface area contributed by atoms with Crippen LogP contribution in [0.25, 0.3) is 0 Å². The van der Waals surface area contributed by atoms with Crippen LogP contribution < -0.4 is 5.73 Å². The van der Waals surface area contributed by atoms with Gasteiger partial charge in [-0.2, -0.15) is 0 Å². The van der Waals surface area contributed by atoms with Crippen molar-refractivity contribution in [3.8, 4) is 5.75 Å². The maximum Gasteiger partial charge on any atom is 0.144 e. The van der Waals surface area contributed by atoms with Gasteiger partial charge in [-0.05, 0) is 12.1 Å². The third-order valence-electron chi connectivity index (χ3n) is 1.25. The first kappa shape index (κ1) is 8.30. The zero-order valence-electron chi connectivity index (χ0n) is 5.54. The van der Waals surface area contributed by atoms with Gasteiger partial charge in [0.2, 0.25) is 0 Å². The number of aromatic hydroxyl groups is 1. The fraction of sp³-hybridized carbons (Fsp3) is 0. The Balaban J connectivity index is 3.27. The lowest BCUT2D eigenvalue weighted by atomic mass is 10.2. The molecule has 3 N–H and O–H groups in total. The Morgan fingerprint density at radius 1 is 1.55 bits per heavy atom. The van der Waals surface area contributed by atoms with E-state index in [1.165, 1.54) is 0 Å². The minimum absolute atomic E-state index is 0.0540. The van der Waals surface area contributed by atoms with E-state index >= 15 is 0 Å². The van der Waals surface area contributed by atoms with E-state index in [0.29, 0.717) is 5.56 Å². The average molecular weight is 188 g/mol. The van der Waals surface area contributed by atoms with Gasteiger partial charge in [-0.3, -0.25) is 0 Å². The van der Waals surface area contributed by atoms with Gasteiger partial charge in [0.05, 0.1) is 10.6 Å². The third kappa shape index (κ3) is 1.61. The summed E-state index contributed by atoms with van der Waals surface area (Å²) in [5.74, 6) is -0.0540. The van der Waals surface area contributed by atoms with Gasteiger partial charge in [-0.15, -0.1) is 0 Å². The fourth-order valence-corrected chi connectivity index (χ4v) is 1.05. The number of rotatable bonds is 1. The van der Waals surface area contributed by atoms with Crippen molar-refractivity contribution < 1.29 is 5.11 Å². The molecule has 58 valence electrons. The maximum absolute atomic E-state index is 9.27. The van der Waals surface area contributed by atoms with Crippen LogP contribution in [0.1, 0.15) is 5.56 Å². The number of nitrogens with two attached hydrogens (primary N) is 1. The SMILES string of the molecule is NC(=S)c1cccc(Cl)c1O. The first-order valence-electron chi connectivity index (χ1n) is 2.90. The number of para-hydroxylation sites is 1. The highest BCUT2D eigenvalue weighted by Crippen LogP contribution is 2.26. The van der Waals surface area contributed by atoms with Crippen LogP contribution in [0.4, 0.5) is 0 Å². The molecule has 0 saturated carbocycles. The van der Waals surface area contributed by atoms with Crippen molar-refractivity contribution in [2.24, 2.45) is 5.73 Å². The molecule has 1 aromatic rings. The smallest absolute Gasteiger partial charge is 0.144 e. The molecule has 0 radical (unpaired) electrons. The summed E-state index contributed by atoms with van der Waals surface area (Å²) >= 11 is 10.3. The van der Waals surface area contributed by atoms with Crippen LogP contribution in [-0.2, 0) is 0 Å². The highest BCUT2D eigenvalue weighted by atomic mass is 35.5. The molecule has 4 heteroatoms. The van der Waals surface area contributed by atoms with Crippen LogP contribution in [0.3, 0.4) is 0 Å². The molecule has 0 atom stereocenters. The zero-order valence-corrected chi connectivity index (χ0v) is 7.12. The van der Waals surface area contributed by atoms with Gasteiger partial charge in [0.25, 0.3) is 0 Å². The van der Waals surface area contributed by atoms with Crippen LogP contribution in [0.15, 0.2) is 18.2 Å². The molecular weight excluding hydrogens is 182 g/mol. The van der Waals surface area contributed by atoms with Crippen molar-refractivity contribution in [2.45, 2.75) is 0 Å². The number of hydrogen-bond acceptors (Lipinski definition) is 2. The second-order valence-corrected chi connectivity index (χ2v) is 2.85. The Hall–Kier alpha value is -0.800. The summed E-state index contributed by atoms with van der Waals surface area (Å²) in [5.41, 5.74) is 5.71. The van der Waals surface area contributed by atoms with E-state index in [9.17, 15) is 5.11 Å². The monoisotopic (exact) mass is 187 g/mol. The molecule has 0 fully saturated rings. The molecule has 0 aliphatic rings. The van der Waals surface area contributed by atoms with E-state index in [1.807, 2.05) is 0 Å². The Bertz CT molecular complexity index is 300. The third-order valence-corrected chi connectivity index (χ3v) is 1.78. The first-order valence-corrected chi connectivity index (χ1v) is 3.69. The van der Waals surface area contributed by atoms with E-state index in [1.54, 1.807) is 18.2 Å². The number of halogens is 1. The highest BCUT2D eigenvalue weighted by molar-refractivity contribution is 7.80. The molecule has 1 rings (SSSR count). The van der Waals surface area contributed by atoms with Gasteiger partial charge in [0.1, 0.15) is 10.7 Å². The molecule has 0 saturated heterocycles. The molecule has 0 heterocycles. The normalized spacial score (nSPS) is 9.55. The topological polar surface area (TPSA) is 46.2 Å². The number of hydrogen-bond donors (Lipinski definition) is 2. The summed E-state index contributed by atoms with van der Waals surface area (Å²) in [6, 6.07) is 4.86. The standard InChI is InChI=1S/C7H6ClNOS/c8-5-3-1-2-4(6(5)10)7(9)11/h1-3,10H,(H2,9,11). The van der Waals surface area contributed by atoms with Crippen LogP contribution >= 0.6 is 23.8 Å². The Morgan fingerprint density at radius 3 is 2.64 bits per heavy atom. The zero-order chi connectivity index (χ0) is 8.43. The van der Waals surface area contributed by atoms with Crippen LogP contribution in [0.5, 0.6) is 5.75 Å². The van der Waals surface area contributed by atoms with E-state index in [2.05, 4.69) is 12.2 Å². The Morgan fingerprint density at radius 2 is 2.18 bits per heavy atom. The summed E-state index contributed by atoms with van der Waals surface area (Å²) in [4.78, 5) is 0.144. The Labute approximate surface area is 74.6 Å². The first-order chi connectivity index (χ1) is 5.13. The number of phenolic OH excluding ortho intramolecular Hbond substituents is 1. The predicted octanol–water partition coefficient (Wildman–Crippen LogP) is 1.68. The van der Waals surface area contributed by atoms with Gasteiger partial charge < -0.3 is 10.8 Å². The molecule has 2 nitrogen and oxygen atoms in total. The largest absolute Gasteiger partial charge is 0.506 e. The van der Waals surface area contributed by atoms with Crippen molar-refractivity contribution in [1.29, 1.82) is 0 Å². The van der Waals surface area contributed by atoms with Gasteiger partial charge in [-0.25, -0.2) is 0 Å². The van der Waals surface area contributed by atoms with Crippen molar-refractivity contribution in [3.63, 3.8) is 0 Å². The molecule has 0 amide bonds. The lowest BCUT2D eigenvalue weighted by Crippen LogP contribution is -2.09. The summed E-state index contributed by atoms with van der Waals surface area (Å²) < 4.78 is 0. The Kier molecular flexibility index (Phi) is 2.31. The summed E-state index contributed by atoms with van der Waals surface area (Å²) in [7, 11) is 0. The highest BCUT2D eigenvalue weighted by Gasteiger charge is 2.05. The molecule has 11 heavy (non-hydrogen) atoms. The van der Waals surface area contributed by atoms with E-state index < -0.39 is 0 Å². The second-order valence-electron chi connectivity index (χ2n) is 2.00. The quantitative estimate of drug-likeness (QED) is 0.658. The number of phenols is 1. The number of benzene rings is 1. The van der Waals surface area contributed by atoms with E-state index in [0.717, 1.165) is 0 Å². The van der Waals surface area contributed by atoms with Crippen molar-refractivity contribution in [3.05, 3.63) is 28.8 Å². The summed E-state index contributed by atoms with van der Waals surface area (Å²) in [5, 5.41) is 9.53. The van der Waals surface area contributed by atoms with Gasteiger partial charge >= 0.3 is 0 Å². The molecular formula is C7H6ClNOS. The molecule has 0 unspecified atom stereocenters. The fourth-order valence-electron chi connectivity index (χ4n) is 0.714. The van der Waals surface area contributed by atoms with E-state index in [4.69, 9.17) is 17.3 Å². The van der Waals surface area contributed by atoms with Gasteiger partial charge in [0, 0.05) is 0 Å². The molecule has 1 aromatic carbocycles. The van der Waals surface area contributed by atoms with Crippen LogP contribution in [0.2, 0.25) is 5.02 Å². The second kappa shape index (κ2) is 3.07. The molecule has 0 aromatic heterocycles. The van der Waals surface area contributed by atoms with Crippen molar-refractivity contribution >= 4 is 28.8 Å². The maximum atomic E-state index is 9.27. The lowest BCUT2D eigenvalue weighted by Gasteiger charge is -2.02. The lowest BCUT2D eigenvalue weighted by molar-refractivity contribution is 0.474. The summed E-state index contributed by atoms with van der Waals surface area (Å²) in [6.45, 7) is 0. The van der Waals surface area contributed by atoms with Crippen LogP contribution in [-0.4, -0.2) is 10.1 Å². The van der Waals surface area contributed by atoms with Crippen LogP contribution in [0, 0.1) is 0 Å². The van der Waals surface area contributed by atoms with Crippen molar-refractivity contribution in [1.82, 2.24) is 0 Å². The predicted molar refractivity (Wildman–Crippen MR) is 49.0 cm³/mol. The number of thiocarbonyl (C=S) groups is 1. The molecule has 0 spiro atoms. The summed E-state index contributed by atoms with van der Waals surface area (Å²) in [6.07, 6.45) is 0. The van der Waals surface area contributed by atoms with Crippen molar-refractivity contribution in [2.75, 3.05) is 0 Å². The van der Waals surface area contributed by atoms with Gasteiger partial charge in [-0.1, -0.05) is 29.9 Å².